The van der Waals surface area contributed by atoms with Gasteiger partial charge in [-0.2, -0.15) is 5.10 Å². The van der Waals surface area contributed by atoms with E-state index in [9.17, 15) is 13.6 Å². The molecule has 0 atom stereocenters. The number of hydrogen-bond donors (Lipinski definition) is 2. The summed E-state index contributed by atoms with van der Waals surface area (Å²) in [7, 11) is 1.72. The van der Waals surface area contributed by atoms with E-state index in [0.29, 0.717) is 5.82 Å². The predicted molar refractivity (Wildman–Crippen MR) is 51.0 cm³/mol. The topological polar surface area (TPSA) is 59.0 Å². The standard InChI is InChI=1S/C8H12F2N4O/c1-5-3-7(13-14(5)2)12-8(15)11-4-6(9)10/h3,6H,4H2,1-2H3,(H2,11,12,13,15). The van der Waals surface area contributed by atoms with E-state index >= 15 is 0 Å². The number of carbonyl (C=O) groups is 1. The lowest BCUT2D eigenvalue weighted by atomic mass is 10.5. The SMILES string of the molecule is Cc1cc(NC(=O)NCC(F)F)nn1C. The fraction of sp³-hybridized carbons (Fsp3) is 0.500. The van der Waals surface area contributed by atoms with Crippen LogP contribution in [0, 0.1) is 6.92 Å². The van der Waals surface area contributed by atoms with Crippen LogP contribution in [0.2, 0.25) is 0 Å². The van der Waals surface area contributed by atoms with Crippen molar-refractivity contribution in [2.45, 2.75) is 13.3 Å². The molecule has 1 heterocycles. The van der Waals surface area contributed by atoms with Crippen molar-refractivity contribution in [2.75, 3.05) is 11.9 Å². The Morgan fingerprint density at radius 2 is 2.33 bits per heavy atom. The van der Waals surface area contributed by atoms with Crippen LogP contribution in [0.3, 0.4) is 0 Å². The molecule has 84 valence electrons. The van der Waals surface area contributed by atoms with E-state index in [1.54, 1.807) is 17.8 Å². The highest BCUT2D eigenvalue weighted by Crippen LogP contribution is 2.06. The fourth-order valence-electron chi connectivity index (χ4n) is 0.952. The van der Waals surface area contributed by atoms with Crippen molar-refractivity contribution in [3.63, 3.8) is 0 Å². The smallest absolute Gasteiger partial charge is 0.320 e. The van der Waals surface area contributed by atoms with Crippen molar-refractivity contribution in [3.05, 3.63) is 11.8 Å². The highest BCUT2D eigenvalue weighted by atomic mass is 19.3. The van der Waals surface area contributed by atoms with Crippen molar-refractivity contribution >= 4 is 11.8 Å². The number of amides is 2. The third-order valence-corrected chi connectivity index (χ3v) is 1.77. The van der Waals surface area contributed by atoms with E-state index in [2.05, 4.69) is 10.4 Å². The molecule has 0 aromatic carbocycles. The molecule has 5 nitrogen and oxygen atoms in total. The Kier molecular flexibility index (Phi) is 3.59. The molecule has 1 rings (SSSR count). The minimum Gasteiger partial charge on any atom is -0.332 e. The number of urea groups is 1. The number of nitrogens with one attached hydrogen (secondary N) is 2. The summed E-state index contributed by atoms with van der Waals surface area (Å²) in [5, 5.41) is 8.29. The van der Waals surface area contributed by atoms with E-state index in [4.69, 9.17) is 0 Å². The summed E-state index contributed by atoms with van der Waals surface area (Å²) in [6.07, 6.45) is -2.55. The molecule has 0 aliphatic carbocycles. The van der Waals surface area contributed by atoms with Gasteiger partial charge in [-0.05, 0) is 6.92 Å². The molecule has 0 fully saturated rings. The van der Waals surface area contributed by atoms with E-state index in [-0.39, 0.29) is 0 Å². The van der Waals surface area contributed by atoms with Crippen LogP contribution in [0.4, 0.5) is 19.4 Å². The summed E-state index contributed by atoms with van der Waals surface area (Å²) in [6.45, 7) is 1.15. The van der Waals surface area contributed by atoms with Gasteiger partial charge in [-0.1, -0.05) is 0 Å². The maximum absolute atomic E-state index is 11.7. The molecule has 1 aromatic heterocycles. The summed E-state index contributed by atoms with van der Waals surface area (Å²) < 4.78 is 25.1. The summed E-state index contributed by atoms with van der Waals surface area (Å²) in [5.41, 5.74) is 0.860. The van der Waals surface area contributed by atoms with E-state index in [0.717, 1.165) is 5.69 Å². The number of carbonyl (C=O) groups excluding carboxylic acids is 1. The molecule has 1 aromatic rings. The molecule has 0 aliphatic heterocycles. The second-order valence-electron chi connectivity index (χ2n) is 3.02. The Hall–Kier alpha value is -1.66. The normalized spacial score (nSPS) is 10.5. The zero-order valence-corrected chi connectivity index (χ0v) is 8.42. The van der Waals surface area contributed by atoms with Crippen LogP contribution >= 0.6 is 0 Å². The first-order chi connectivity index (χ1) is 6.99. The largest absolute Gasteiger partial charge is 0.332 e. The summed E-state index contributed by atoms with van der Waals surface area (Å²) in [4.78, 5) is 11.0. The molecule has 0 bridgehead atoms. The number of aryl methyl sites for hydroxylation is 2. The first-order valence-electron chi connectivity index (χ1n) is 4.32. The van der Waals surface area contributed by atoms with Gasteiger partial charge in [0.05, 0.1) is 6.54 Å². The van der Waals surface area contributed by atoms with Crippen LogP contribution in [0.25, 0.3) is 0 Å². The monoisotopic (exact) mass is 218 g/mol. The third kappa shape index (κ3) is 3.53. The number of rotatable bonds is 3. The highest BCUT2D eigenvalue weighted by molar-refractivity contribution is 5.88. The average Bonchev–Trinajstić information content (AvgIpc) is 2.42. The maximum atomic E-state index is 11.7. The van der Waals surface area contributed by atoms with Gasteiger partial charge in [0.15, 0.2) is 5.82 Å². The zero-order chi connectivity index (χ0) is 11.4. The number of anilines is 1. The van der Waals surface area contributed by atoms with Crippen LogP contribution in [0.15, 0.2) is 6.07 Å². The van der Waals surface area contributed by atoms with Gasteiger partial charge in [0.2, 0.25) is 0 Å². The van der Waals surface area contributed by atoms with E-state index in [1.807, 2.05) is 12.2 Å². The van der Waals surface area contributed by atoms with Crippen LogP contribution in [-0.4, -0.2) is 28.8 Å². The molecule has 0 saturated heterocycles. The second-order valence-corrected chi connectivity index (χ2v) is 3.02. The lowest BCUT2D eigenvalue weighted by Crippen LogP contribution is -2.32. The summed E-state index contributed by atoms with van der Waals surface area (Å²) in [6, 6.07) is 0.954. The minimum atomic E-state index is -2.55. The van der Waals surface area contributed by atoms with Crippen molar-refractivity contribution in [1.82, 2.24) is 15.1 Å². The van der Waals surface area contributed by atoms with Gasteiger partial charge >= 0.3 is 6.03 Å². The predicted octanol–water partition coefficient (Wildman–Crippen LogP) is 1.12. The van der Waals surface area contributed by atoms with Crippen molar-refractivity contribution in [1.29, 1.82) is 0 Å². The molecule has 0 saturated carbocycles. The molecule has 15 heavy (non-hydrogen) atoms. The number of nitrogens with zero attached hydrogens (tertiary/aromatic N) is 2. The van der Waals surface area contributed by atoms with Gasteiger partial charge < -0.3 is 5.32 Å². The highest BCUT2D eigenvalue weighted by Gasteiger charge is 2.08. The molecular weight excluding hydrogens is 206 g/mol. The number of aromatic nitrogens is 2. The second kappa shape index (κ2) is 4.72. The quantitative estimate of drug-likeness (QED) is 0.798. The van der Waals surface area contributed by atoms with Gasteiger partial charge in [0.1, 0.15) is 0 Å². The molecule has 0 unspecified atom stereocenters. The van der Waals surface area contributed by atoms with Crippen molar-refractivity contribution in [3.8, 4) is 0 Å². The van der Waals surface area contributed by atoms with Gasteiger partial charge in [-0.3, -0.25) is 10.00 Å². The van der Waals surface area contributed by atoms with Crippen LogP contribution < -0.4 is 10.6 Å². The first kappa shape index (κ1) is 11.4. The van der Waals surface area contributed by atoms with Gasteiger partial charge in [-0.15, -0.1) is 0 Å². The Morgan fingerprint density at radius 1 is 1.67 bits per heavy atom. The lowest BCUT2D eigenvalue weighted by Gasteiger charge is -2.03. The number of alkyl halides is 2. The Bertz CT molecular complexity index is 331. The Labute approximate surface area is 85.5 Å². The zero-order valence-electron chi connectivity index (χ0n) is 8.42. The van der Waals surface area contributed by atoms with Crippen LogP contribution in [0.1, 0.15) is 5.69 Å². The number of hydrogen-bond acceptors (Lipinski definition) is 2. The van der Waals surface area contributed by atoms with Crippen LogP contribution in [-0.2, 0) is 7.05 Å². The number of halogens is 2. The molecule has 0 radical (unpaired) electrons. The van der Waals surface area contributed by atoms with Gasteiger partial charge in [-0.25, -0.2) is 13.6 Å². The lowest BCUT2D eigenvalue weighted by molar-refractivity contribution is 0.148. The summed E-state index contributed by atoms with van der Waals surface area (Å²) in [5.74, 6) is 0.335. The van der Waals surface area contributed by atoms with Crippen molar-refractivity contribution in [2.24, 2.45) is 7.05 Å². The third-order valence-electron chi connectivity index (χ3n) is 1.77. The molecule has 0 aliphatic rings. The molecular formula is C8H12F2N4O. The summed E-state index contributed by atoms with van der Waals surface area (Å²) >= 11 is 0. The molecule has 7 heteroatoms. The van der Waals surface area contributed by atoms with E-state index in [1.165, 1.54) is 0 Å². The molecule has 2 N–H and O–H groups in total. The van der Waals surface area contributed by atoms with Crippen LogP contribution in [0.5, 0.6) is 0 Å². The Balaban J connectivity index is 2.44. The van der Waals surface area contributed by atoms with E-state index < -0.39 is 19.0 Å². The van der Waals surface area contributed by atoms with Gasteiger partial charge in [0.25, 0.3) is 6.43 Å². The first-order valence-corrected chi connectivity index (χ1v) is 4.32. The molecule has 0 spiro atoms. The van der Waals surface area contributed by atoms with Gasteiger partial charge in [0, 0.05) is 18.8 Å². The Morgan fingerprint density at radius 3 is 2.80 bits per heavy atom. The minimum absolute atomic E-state index is 0.335. The molecule has 2 amide bonds. The van der Waals surface area contributed by atoms with Crippen molar-refractivity contribution < 1.29 is 13.6 Å². The fourth-order valence-corrected chi connectivity index (χ4v) is 0.952. The average molecular weight is 218 g/mol. The maximum Gasteiger partial charge on any atom is 0.320 e.